The first-order valence-electron chi connectivity index (χ1n) is 5.18. The van der Waals surface area contributed by atoms with Gasteiger partial charge in [-0.1, -0.05) is 20.8 Å². The average Bonchev–Trinajstić information content (AvgIpc) is 2.20. The van der Waals surface area contributed by atoms with Gasteiger partial charge >= 0.3 is 0 Å². The Morgan fingerprint density at radius 1 is 1.15 bits per heavy atom. The van der Waals surface area contributed by atoms with Crippen LogP contribution in [0.2, 0.25) is 0 Å². The number of nitrogens with one attached hydrogen (secondary N) is 1. The quantitative estimate of drug-likeness (QED) is 0.557. The Hall–Kier alpha value is -0.120. The fraction of sp³-hybridized carbons (Fsp3) is 1.00. The molecule has 0 spiro atoms. The van der Waals surface area contributed by atoms with Crippen molar-refractivity contribution >= 4 is 0 Å². The zero-order valence-electron chi connectivity index (χ0n) is 9.01. The van der Waals surface area contributed by atoms with Crippen LogP contribution in [0, 0.1) is 0 Å². The molecule has 13 heavy (non-hydrogen) atoms. The van der Waals surface area contributed by atoms with Crippen LogP contribution < -0.4 is 5.32 Å². The summed E-state index contributed by atoms with van der Waals surface area (Å²) in [7, 11) is 0. The fourth-order valence-corrected chi connectivity index (χ4v) is 1.52. The van der Waals surface area contributed by atoms with Gasteiger partial charge < -0.3 is 15.5 Å². The second-order valence-corrected chi connectivity index (χ2v) is 3.56. The largest absolute Gasteiger partial charge is 0.394 e. The van der Waals surface area contributed by atoms with Crippen molar-refractivity contribution in [3.05, 3.63) is 0 Å². The lowest BCUT2D eigenvalue weighted by Gasteiger charge is -2.32. The molecule has 0 fully saturated rings. The van der Waals surface area contributed by atoms with Crippen molar-refractivity contribution < 1.29 is 10.2 Å². The highest BCUT2D eigenvalue weighted by Gasteiger charge is 2.23. The zero-order chi connectivity index (χ0) is 10.3. The van der Waals surface area contributed by atoms with Gasteiger partial charge in [-0.25, -0.2) is 0 Å². The van der Waals surface area contributed by atoms with E-state index in [-0.39, 0.29) is 12.1 Å². The summed E-state index contributed by atoms with van der Waals surface area (Å²) in [5.74, 6) is 0. The maximum absolute atomic E-state index is 9.20. The third-order valence-electron chi connectivity index (χ3n) is 2.95. The third-order valence-corrected chi connectivity index (χ3v) is 2.95. The molecule has 0 aliphatic carbocycles. The number of aliphatic hydroxyl groups is 2. The Balaban J connectivity index is 3.95. The van der Waals surface area contributed by atoms with Gasteiger partial charge in [0.1, 0.15) is 0 Å². The second-order valence-electron chi connectivity index (χ2n) is 3.56. The third kappa shape index (κ3) is 4.07. The average molecular weight is 189 g/mol. The predicted molar refractivity (Wildman–Crippen MR) is 54.7 cm³/mol. The lowest BCUT2D eigenvalue weighted by Crippen LogP contribution is -2.47. The van der Waals surface area contributed by atoms with Gasteiger partial charge in [-0.2, -0.15) is 0 Å². The van der Waals surface area contributed by atoms with E-state index < -0.39 is 6.10 Å². The summed E-state index contributed by atoms with van der Waals surface area (Å²) in [6.45, 7) is 6.74. The molecule has 0 aliphatic rings. The molecule has 0 bridgehead atoms. The van der Waals surface area contributed by atoms with Gasteiger partial charge in [-0.05, 0) is 19.3 Å². The summed E-state index contributed by atoms with van der Waals surface area (Å²) in [5.41, 5.74) is 0.135. The Bertz CT molecular complexity index is 116. The van der Waals surface area contributed by atoms with E-state index in [1.807, 2.05) is 0 Å². The molecule has 3 nitrogen and oxygen atoms in total. The minimum Gasteiger partial charge on any atom is -0.394 e. The minimum absolute atomic E-state index is 0.135. The van der Waals surface area contributed by atoms with Crippen LogP contribution in [0.4, 0.5) is 0 Å². The monoisotopic (exact) mass is 189 g/mol. The highest BCUT2D eigenvalue weighted by Crippen LogP contribution is 2.18. The van der Waals surface area contributed by atoms with Crippen molar-refractivity contribution in [3.8, 4) is 0 Å². The smallest absolute Gasteiger partial charge is 0.0895 e. The van der Waals surface area contributed by atoms with E-state index in [0.29, 0.717) is 6.54 Å². The SMILES string of the molecule is CCC(CC)(CC)NC[C@H](O)CO. The number of β-amino-alcohol motifs (C(OH)–C–C–N with tert-alkyl or cyclic N) is 1. The molecule has 0 saturated heterocycles. The minimum atomic E-state index is -0.635. The first kappa shape index (κ1) is 12.9. The number of hydrogen-bond acceptors (Lipinski definition) is 3. The van der Waals surface area contributed by atoms with E-state index in [4.69, 9.17) is 5.11 Å². The van der Waals surface area contributed by atoms with Crippen molar-refractivity contribution in [1.29, 1.82) is 0 Å². The van der Waals surface area contributed by atoms with Gasteiger partial charge in [-0.15, -0.1) is 0 Å². The standard InChI is InChI=1S/C10H23NO2/c1-4-10(5-2,6-3)11-7-9(13)8-12/h9,11-13H,4-8H2,1-3H3/t9-/m0/s1. The normalized spacial score (nSPS) is 14.5. The summed E-state index contributed by atoms with van der Waals surface area (Å²) < 4.78 is 0. The van der Waals surface area contributed by atoms with Crippen molar-refractivity contribution in [2.45, 2.75) is 51.7 Å². The van der Waals surface area contributed by atoms with Crippen LogP contribution in [-0.4, -0.2) is 35.0 Å². The molecule has 0 amide bonds. The van der Waals surface area contributed by atoms with Gasteiger partial charge in [0.2, 0.25) is 0 Å². The van der Waals surface area contributed by atoms with Crippen molar-refractivity contribution in [2.24, 2.45) is 0 Å². The van der Waals surface area contributed by atoms with Crippen LogP contribution in [0.15, 0.2) is 0 Å². The van der Waals surface area contributed by atoms with Crippen LogP contribution in [0.1, 0.15) is 40.0 Å². The van der Waals surface area contributed by atoms with Crippen LogP contribution in [0.5, 0.6) is 0 Å². The fourth-order valence-electron chi connectivity index (χ4n) is 1.52. The topological polar surface area (TPSA) is 52.5 Å². The predicted octanol–water partition coefficient (Wildman–Crippen LogP) is 0.898. The van der Waals surface area contributed by atoms with Crippen molar-refractivity contribution in [3.63, 3.8) is 0 Å². The van der Waals surface area contributed by atoms with Gasteiger partial charge in [0.05, 0.1) is 12.7 Å². The van der Waals surface area contributed by atoms with E-state index in [2.05, 4.69) is 26.1 Å². The number of hydrogen-bond donors (Lipinski definition) is 3. The summed E-state index contributed by atoms with van der Waals surface area (Å²) in [5, 5.41) is 21.2. The molecular weight excluding hydrogens is 166 g/mol. The van der Waals surface area contributed by atoms with Crippen molar-refractivity contribution in [1.82, 2.24) is 5.32 Å². The van der Waals surface area contributed by atoms with E-state index >= 15 is 0 Å². The van der Waals surface area contributed by atoms with Crippen LogP contribution in [0.3, 0.4) is 0 Å². The van der Waals surface area contributed by atoms with E-state index in [0.717, 1.165) is 19.3 Å². The van der Waals surface area contributed by atoms with Crippen molar-refractivity contribution in [2.75, 3.05) is 13.2 Å². The van der Waals surface area contributed by atoms with Crippen LogP contribution in [0.25, 0.3) is 0 Å². The Labute approximate surface area is 81.2 Å². The zero-order valence-corrected chi connectivity index (χ0v) is 9.01. The summed E-state index contributed by atoms with van der Waals surface area (Å²) in [6, 6.07) is 0. The molecule has 0 aromatic heterocycles. The lowest BCUT2D eigenvalue weighted by molar-refractivity contribution is 0.0837. The highest BCUT2D eigenvalue weighted by atomic mass is 16.3. The number of rotatable bonds is 7. The molecule has 0 unspecified atom stereocenters. The lowest BCUT2D eigenvalue weighted by atomic mass is 9.90. The van der Waals surface area contributed by atoms with Gasteiger partial charge in [0, 0.05) is 12.1 Å². The molecule has 0 heterocycles. The summed E-state index contributed by atoms with van der Waals surface area (Å²) in [4.78, 5) is 0. The van der Waals surface area contributed by atoms with Crippen LogP contribution >= 0.6 is 0 Å². The molecule has 0 rings (SSSR count). The first-order chi connectivity index (χ1) is 6.14. The van der Waals surface area contributed by atoms with E-state index in [1.165, 1.54) is 0 Å². The maximum atomic E-state index is 9.20. The molecule has 80 valence electrons. The second kappa shape index (κ2) is 6.35. The molecule has 3 N–H and O–H groups in total. The van der Waals surface area contributed by atoms with Gasteiger partial charge in [0.15, 0.2) is 0 Å². The first-order valence-corrected chi connectivity index (χ1v) is 5.18. The maximum Gasteiger partial charge on any atom is 0.0895 e. The van der Waals surface area contributed by atoms with Crippen LogP contribution in [-0.2, 0) is 0 Å². The van der Waals surface area contributed by atoms with E-state index in [9.17, 15) is 5.11 Å². The number of aliphatic hydroxyl groups excluding tert-OH is 2. The van der Waals surface area contributed by atoms with E-state index in [1.54, 1.807) is 0 Å². The molecule has 0 saturated carbocycles. The molecule has 0 aromatic carbocycles. The van der Waals surface area contributed by atoms with Gasteiger partial charge in [-0.3, -0.25) is 0 Å². The molecule has 1 atom stereocenters. The Morgan fingerprint density at radius 2 is 1.62 bits per heavy atom. The van der Waals surface area contributed by atoms with Gasteiger partial charge in [0.25, 0.3) is 0 Å². The highest BCUT2D eigenvalue weighted by molar-refractivity contribution is 4.84. The Kier molecular flexibility index (Phi) is 6.29. The molecule has 3 heteroatoms. The molecule has 0 aliphatic heterocycles. The summed E-state index contributed by atoms with van der Waals surface area (Å²) in [6.07, 6.45) is 2.53. The molecule has 0 radical (unpaired) electrons. The summed E-state index contributed by atoms with van der Waals surface area (Å²) >= 11 is 0. The Morgan fingerprint density at radius 3 is 1.92 bits per heavy atom. The molecular formula is C10H23NO2. The molecule has 0 aromatic rings.